The lowest BCUT2D eigenvalue weighted by atomic mass is 10.0. The number of hydrogen-bond acceptors (Lipinski definition) is 5. The fourth-order valence-electron chi connectivity index (χ4n) is 2.43. The van der Waals surface area contributed by atoms with Gasteiger partial charge in [0.25, 0.3) is 5.56 Å². The molecule has 0 saturated carbocycles. The Kier molecular flexibility index (Phi) is 3.30. The summed E-state index contributed by atoms with van der Waals surface area (Å²) in [5.41, 5.74) is 7.54. The summed E-state index contributed by atoms with van der Waals surface area (Å²) < 4.78 is 1.45. The summed E-state index contributed by atoms with van der Waals surface area (Å²) in [6, 6.07) is 6.60. The van der Waals surface area contributed by atoms with Gasteiger partial charge in [-0.25, -0.2) is 0 Å². The van der Waals surface area contributed by atoms with E-state index in [1.165, 1.54) is 10.6 Å². The van der Waals surface area contributed by atoms with Crippen molar-refractivity contribution >= 4 is 18.8 Å². The quantitative estimate of drug-likeness (QED) is 0.689. The normalized spacial score (nSPS) is 12.3. The highest BCUT2D eigenvalue weighted by Gasteiger charge is 2.19. The maximum absolute atomic E-state index is 12.2. The van der Waals surface area contributed by atoms with E-state index in [1.807, 2.05) is 0 Å². The van der Waals surface area contributed by atoms with Gasteiger partial charge in [0.05, 0.1) is 16.6 Å². The Bertz CT molecular complexity index is 959. The van der Waals surface area contributed by atoms with Crippen molar-refractivity contribution in [2.45, 2.75) is 6.54 Å². The number of pyridine rings is 1. The lowest BCUT2D eigenvalue weighted by molar-refractivity contribution is -0.109. The molecule has 0 bridgehead atoms. The van der Waals surface area contributed by atoms with Gasteiger partial charge in [0, 0.05) is 18.8 Å². The molecule has 7 nitrogen and oxygen atoms in total. The number of nitrogens with two attached hydrogens (primary N) is 1. The van der Waals surface area contributed by atoms with E-state index in [9.17, 15) is 9.59 Å². The molecule has 3 N–H and O–H groups in total. The van der Waals surface area contributed by atoms with E-state index in [-0.39, 0.29) is 17.9 Å². The third kappa shape index (κ3) is 2.08. The van der Waals surface area contributed by atoms with Crippen molar-refractivity contribution in [1.29, 1.82) is 0 Å². The molecule has 7 heteroatoms. The van der Waals surface area contributed by atoms with Gasteiger partial charge in [-0.15, -0.1) is 10.2 Å². The Morgan fingerprint density at radius 2 is 2.18 bits per heavy atom. The average Bonchev–Trinajstić information content (AvgIpc) is 2.87. The van der Waals surface area contributed by atoms with Crippen molar-refractivity contribution in [2.75, 3.05) is 0 Å². The second-order valence-corrected chi connectivity index (χ2v) is 4.75. The second kappa shape index (κ2) is 5.28. The minimum atomic E-state index is -0.213. The van der Waals surface area contributed by atoms with Gasteiger partial charge in [-0.2, -0.15) is 0 Å². The van der Waals surface area contributed by atoms with Crippen LogP contribution in [0, 0.1) is 0 Å². The lowest BCUT2D eigenvalue weighted by Crippen LogP contribution is -2.34. The van der Waals surface area contributed by atoms with Crippen molar-refractivity contribution in [1.82, 2.24) is 9.88 Å². The van der Waals surface area contributed by atoms with Gasteiger partial charge < -0.3 is 11.1 Å². The third-order valence-corrected chi connectivity index (χ3v) is 3.44. The number of benzene rings is 1. The summed E-state index contributed by atoms with van der Waals surface area (Å²) in [7, 11) is 0. The first-order valence-electron chi connectivity index (χ1n) is 6.55. The van der Waals surface area contributed by atoms with E-state index >= 15 is 0 Å². The van der Waals surface area contributed by atoms with Crippen LogP contribution in [0.2, 0.25) is 0 Å². The monoisotopic (exact) mass is 295 g/mol. The van der Waals surface area contributed by atoms with Crippen LogP contribution in [0.25, 0.3) is 12.3 Å². The van der Waals surface area contributed by atoms with Crippen LogP contribution >= 0.6 is 0 Å². The standard InChI is InChI=1S/C15H13N5O2/c1-9-10(7-17-8-21)6-11-13(15(16)19-18-11)14(9)20-5-3-2-4-12(20)22/h2-6,8H,1,7H2,(H2,16,19)(H,17,21). The van der Waals surface area contributed by atoms with Crippen LogP contribution in [-0.4, -0.2) is 16.8 Å². The van der Waals surface area contributed by atoms with Crippen LogP contribution < -0.4 is 27.2 Å². The molecule has 1 aliphatic rings. The topological polar surface area (TPSA) is 102 Å². The molecule has 2 aromatic rings. The van der Waals surface area contributed by atoms with Crippen LogP contribution in [-0.2, 0) is 11.3 Å². The number of nitrogens with one attached hydrogen (secondary N) is 1. The number of carbonyl (C=O) groups excluding carboxylic acids is 1. The van der Waals surface area contributed by atoms with Crippen LogP contribution in [0.15, 0.2) is 45.5 Å². The molecule has 0 unspecified atom stereocenters. The number of rotatable bonds is 4. The zero-order valence-corrected chi connectivity index (χ0v) is 11.6. The highest BCUT2D eigenvalue weighted by atomic mass is 16.1. The summed E-state index contributed by atoms with van der Waals surface area (Å²) in [4.78, 5) is 22.7. The molecule has 2 heterocycles. The molecule has 0 saturated heterocycles. The molecule has 0 spiro atoms. The van der Waals surface area contributed by atoms with Gasteiger partial charge in [0.1, 0.15) is 0 Å². The molecule has 1 aromatic heterocycles. The lowest BCUT2D eigenvalue weighted by Gasteiger charge is -2.13. The molecule has 0 radical (unpaired) electrons. The Morgan fingerprint density at radius 3 is 2.91 bits per heavy atom. The SMILES string of the molecule is C=c1c(CNC=O)cc2c(c1-n1ccccc1=O)C(N)=NN=2. The zero-order valence-electron chi connectivity index (χ0n) is 11.6. The van der Waals surface area contributed by atoms with Gasteiger partial charge in [-0.05, 0) is 22.9 Å². The largest absolute Gasteiger partial charge is 0.382 e. The Hall–Kier alpha value is -3.22. The van der Waals surface area contributed by atoms with Crippen LogP contribution in [0.1, 0.15) is 11.1 Å². The molecule has 3 rings (SSSR count). The van der Waals surface area contributed by atoms with E-state index in [0.717, 1.165) is 5.56 Å². The summed E-state index contributed by atoms with van der Waals surface area (Å²) >= 11 is 0. The van der Waals surface area contributed by atoms with Gasteiger partial charge in [-0.3, -0.25) is 14.2 Å². The third-order valence-electron chi connectivity index (χ3n) is 3.44. The van der Waals surface area contributed by atoms with E-state index < -0.39 is 0 Å². The maximum atomic E-state index is 12.2. The number of nitrogens with zero attached hydrogens (tertiary/aromatic N) is 3. The Labute approximate surface area is 125 Å². The van der Waals surface area contributed by atoms with Crippen LogP contribution in [0.3, 0.4) is 0 Å². The number of amidine groups is 1. The van der Waals surface area contributed by atoms with Crippen LogP contribution in [0.4, 0.5) is 0 Å². The predicted molar refractivity (Wildman–Crippen MR) is 82.0 cm³/mol. The number of aromatic nitrogens is 1. The van der Waals surface area contributed by atoms with E-state index in [4.69, 9.17) is 5.73 Å². The van der Waals surface area contributed by atoms with Gasteiger partial charge in [0.15, 0.2) is 5.84 Å². The second-order valence-electron chi connectivity index (χ2n) is 4.75. The molecular weight excluding hydrogens is 282 g/mol. The first-order valence-corrected chi connectivity index (χ1v) is 6.55. The highest BCUT2D eigenvalue weighted by Crippen LogP contribution is 2.09. The Balaban J connectivity index is 2.36. The summed E-state index contributed by atoms with van der Waals surface area (Å²) in [6.45, 7) is 4.31. The number of hydrogen-bond donors (Lipinski definition) is 2. The molecule has 110 valence electrons. The smallest absolute Gasteiger partial charge is 0.255 e. The van der Waals surface area contributed by atoms with Crippen molar-refractivity contribution in [3.8, 4) is 5.69 Å². The summed E-state index contributed by atoms with van der Waals surface area (Å²) in [5.74, 6) is 0.237. The molecular formula is C15H13N5O2. The highest BCUT2D eigenvalue weighted by molar-refractivity contribution is 6.01. The van der Waals surface area contributed by atoms with Gasteiger partial charge >= 0.3 is 0 Å². The minimum Gasteiger partial charge on any atom is -0.382 e. The van der Waals surface area contributed by atoms with Crippen LogP contribution in [0.5, 0.6) is 0 Å². The number of amides is 1. The summed E-state index contributed by atoms with van der Waals surface area (Å²) in [6.07, 6.45) is 2.23. The van der Waals surface area contributed by atoms with E-state index in [0.29, 0.717) is 28.2 Å². The zero-order chi connectivity index (χ0) is 15.7. The molecule has 1 aliphatic heterocycles. The van der Waals surface area contributed by atoms with Crippen molar-refractivity contribution < 1.29 is 4.79 Å². The fraction of sp³-hybridized carbons (Fsp3) is 0.0667. The predicted octanol–water partition coefficient (Wildman–Crippen LogP) is -1.25. The van der Waals surface area contributed by atoms with E-state index in [2.05, 4.69) is 22.1 Å². The minimum absolute atomic E-state index is 0.213. The first-order chi connectivity index (χ1) is 10.6. The van der Waals surface area contributed by atoms with Gasteiger partial charge in [-0.1, -0.05) is 12.6 Å². The van der Waals surface area contributed by atoms with Crippen molar-refractivity contribution in [3.05, 3.63) is 62.5 Å². The average molecular weight is 295 g/mol. The number of carbonyl (C=O) groups is 1. The molecule has 1 aromatic carbocycles. The molecule has 22 heavy (non-hydrogen) atoms. The number of fused-ring (bicyclic) bond motifs is 1. The molecule has 0 fully saturated rings. The maximum Gasteiger partial charge on any atom is 0.255 e. The molecule has 0 aliphatic carbocycles. The molecule has 0 atom stereocenters. The fourth-order valence-corrected chi connectivity index (χ4v) is 2.43. The Morgan fingerprint density at radius 1 is 1.36 bits per heavy atom. The van der Waals surface area contributed by atoms with Crippen molar-refractivity contribution in [2.24, 2.45) is 15.9 Å². The van der Waals surface area contributed by atoms with Gasteiger partial charge in [0.2, 0.25) is 6.41 Å². The molecule has 1 amide bonds. The van der Waals surface area contributed by atoms with E-state index in [1.54, 1.807) is 24.4 Å². The van der Waals surface area contributed by atoms with Crippen molar-refractivity contribution in [3.63, 3.8) is 0 Å². The first kappa shape index (κ1) is 13.7. The summed E-state index contributed by atoms with van der Waals surface area (Å²) in [5, 5.41) is 11.6.